The van der Waals surface area contributed by atoms with Crippen LogP contribution >= 0.6 is 36.2 Å². The predicted octanol–water partition coefficient (Wildman–Crippen LogP) is 3.73. The molecule has 26 heavy (non-hydrogen) atoms. The van der Waals surface area contributed by atoms with Crippen LogP contribution in [0.15, 0.2) is 29.6 Å². The molecule has 1 fully saturated rings. The number of nitrogens with two attached hydrogens (primary N) is 1. The SMILES string of the molecule is Cl.Cl.NCCc1nc(C(=O)Nc2cccc(CN3CCCCC3)c2)cs1. The monoisotopic (exact) mass is 416 g/mol. The van der Waals surface area contributed by atoms with Gasteiger partial charge < -0.3 is 11.1 Å². The van der Waals surface area contributed by atoms with Gasteiger partial charge in [-0.15, -0.1) is 36.2 Å². The molecule has 1 aliphatic heterocycles. The first-order valence-corrected chi connectivity index (χ1v) is 9.39. The number of nitrogens with one attached hydrogen (secondary N) is 1. The molecule has 1 aromatic heterocycles. The van der Waals surface area contributed by atoms with Gasteiger partial charge in [-0.1, -0.05) is 18.6 Å². The number of hydrogen-bond acceptors (Lipinski definition) is 5. The van der Waals surface area contributed by atoms with Gasteiger partial charge in [0.15, 0.2) is 0 Å². The molecule has 5 nitrogen and oxygen atoms in total. The molecule has 2 aromatic rings. The van der Waals surface area contributed by atoms with Crippen molar-refractivity contribution in [3.63, 3.8) is 0 Å². The lowest BCUT2D eigenvalue weighted by atomic mass is 10.1. The molecule has 3 N–H and O–H groups in total. The fraction of sp³-hybridized carbons (Fsp3) is 0.444. The number of benzene rings is 1. The molecule has 2 heterocycles. The number of carbonyl (C=O) groups excluding carboxylic acids is 1. The minimum Gasteiger partial charge on any atom is -0.330 e. The first-order valence-electron chi connectivity index (χ1n) is 8.52. The van der Waals surface area contributed by atoms with Crippen molar-refractivity contribution in [3.05, 3.63) is 45.9 Å². The number of halogens is 2. The fourth-order valence-corrected chi connectivity index (χ4v) is 3.77. The molecule has 0 aliphatic carbocycles. The van der Waals surface area contributed by atoms with E-state index >= 15 is 0 Å². The topological polar surface area (TPSA) is 71.2 Å². The van der Waals surface area contributed by atoms with Gasteiger partial charge in [-0.05, 0) is 50.2 Å². The number of thiazole rings is 1. The quantitative estimate of drug-likeness (QED) is 0.752. The Morgan fingerprint density at radius 1 is 1.23 bits per heavy atom. The molecule has 144 valence electrons. The highest BCUT2D eigenvalue weighted by atomic mass is 35.5. The average molecular weight is 417 g/mol. The summed E-state index contributed by atoms with van der Waals surface area (Å²) in [6, 6.07) is 8.09. The summed E-state index contributed by atoms with van der Waals surface area (Å²) in [5, 5.41) is 5.64. The van der Waals surface area contributed by atoms with Crippen LogP contribution in [0.2, 0.25) is 0 Å². The maximum atomic E-state index is 12.3. The van der Waals surface area contributed by atoms with E-state index in [0.29, 0.717) is 18.7 Å². The van der Waals surface area contributed by atoms with E-state index < -0.39 is 0 Å². The van der Waals surface area contributed by atoms with Crippen LogP contribution in [-0.2, 0) is 13.0 Å². The van der Waals surface area contributed by atoms with Crippen molar-refractivity contribution in [2.24, 2.45) is 5.73 Å². The van der Waals surface area contributed by atoms with Crippen LogP contribution in [0.25, 0.3) is 0 Å². The van der Waals surface area contributed by atoms with Crippen LogP contribution in [0.1, 0.15) is 40.3 Å². The molecule has 3 rings (SSSR count). The molecule has 1 amide bonds. The Kier molecular flexibility index (Phi) is 10.1. The highest BCUT2D eigenvalue weighted by Gasteiger charge is 2.13. The number of anilines is 1. The Balaban J connectivity index is 0.00000169. The summed E-state index contributed by atoms with van der Waals surface area (Å²) in [4.78, 5) is 19.1. The first-order chi connectivity index (χ1) is 11.7. The van der Waals surface area contributed by atoms with Crippen molar-refractivity contribution in [1.29, 1.82) is 0 Å². The van der Waals surface area contributed by atoms with Gasteiger partial charge >= 0.3 is 0 Å². The molecule has 0 unspecified atom stereocenters. The molecule has 0 bridgehead atoms. The molecule has 0 atom stereocenters. The van der Waals surface area contributed by atoms with Gasteiger partial charge in [-0.3, -0.25) is 9.69 Å². The highest BCUT2D eigenvalue weighted by Crippen LogP contribution is 2.17. The second-order valence-electron chi connectivity index (χ2n) is 6.16. The van der Waals surface area contributed by atoms with E-state index in [1.54, 1.807) is 5.38 Å². The lowest BCUT2D eigenvalue weighted by Crippen LogP contribution is -2.29. The van der Waals surface area contributed by atoms with Crippen molar-refractivity contribution >= 4 is 47.7 Å². The van der Waals surface area contributed by atoms with Gasteiger partial charge in [0, 0.05) is 24.0 Å². The third-order valence-electron chi connectivity index (χ3n) is 4.18. The number of carbonyl (C=O) groups is 1. The van der Waals surface area contributed by atoms with Gasteiger partial charge in [-0.2, -0.15) is 0 Å². The number of likely N-dealkylation sites (tertiary alicyclic amines) is 1. The van der Waals surface area contributed by atoms with Crippen LogP contribution in [0.4, 0.5) is 5.69 Å². The van der Waals surface area contributed by atoms with E-state index in [-0.39, 0.29) is 30.7 Å². The third kappa shape index (κ3) is 6.52. The molecular weight excluding hydrogens is 391 g/mol. The molecule has 0 radical (unpaired) electrons. The molecule has 1 saturated heterocycles. The fourth-order valence-electron chi connectivity index (χ4n) is 2.97. The van der Waals surface area contributed by atoms with Crippen LogP contribution in [0, 0.1) is 0 Å². The van der Waals surface area contributed by atoms with Crippen LogP contribution in [-0.4, -0.2) is 35.4 Å². The second kappa shape index (κ2) is 11.5. The number of hydrogen-bond donors (Lipinski definition) is 2. The van der Waals surface area contributed by atoms with Gasteiger partial charge in [0.25, 0.3) is 5.91 Å². The number of piperidine rings is 1. The zero-order chi connectivity index (χ0) is 16.8. The second-order valence-corrected chi connectivity index (χ2v) is 7.10. The number of amides is 1. The van der Waals surface area contributed by atoms with E-state index in [9.17, 15) is 4.79 Å². The molecular formula is C18H26Cl2N4OS. The van der Waals surface area contributed by atoms with Crippen molar-refractivity contribution in [3.8, 4) is 0 Å². The highest BCUT2D eigenvalue weighted by molar-refractivity contribution is 7.09. The van der Waals surface area contributed by atoms with Gasteiger partial charge in [-0.25, -0.2) is 4.98 Å². The summed E-state index contributed by atoms with van der Waals surface area (Å²) < 4.78 is 0. The van der Waals surface area contributed by atoms with E-state index in [0.717, 1.165) is 17.2 Å². The summed E-state index contributed by atoms with van der Waals surface area (Å²) in [6.07, 6.45) is 4.62. The van der Waals surface area contributed by atoms with E-state index in [4.69, 9.17) is 5.73 Å². The Labute approximate surface area is 171 Å². The van der Waals surface area contributed by atoms with E-state index in [1.807, 2.05) is 12.1 Å². The molecule has 0 saturated carbocycles. The number of nitrogens with zero attached hydrogens (tertiary/aromatic N) is 2. The molecule has 1 aromatic carbocycles. The van der Waals surface area contributed by atoms with E-state index in [1.165, 1.54) is 49.3 Å². The lowest BCUT2D eigenvalue weighted by molar-refractivity contribution is 0.102. The Morgan fingerprint density at radius 3 is 2.73 bits per heavy atom. The minimum atomic E-state index is -0.162. The predicted molar refractivity (Wildman–Crippen MR) is 113 cm³/mol. The summed E-state index contributed by atoms with van der Waals surface area (Å²) in [5.41, 5.74) is 8.04. The van der Waals surface area contributed by atoms with Crippen molar-refractivity contribution in [2.75, 3.05) is 25.0 Å². The summed E-state index contributed by atoms with van der Waals surface area (Å²) in [5.74, 6) is -0.162. The maximum absolute atomic E-state index is 12.3. The standard InChI is InChI=1S/C18H24N4OS.2ClH/c19-8-7-17-21-16(13-24-17)18(23)20-15-6-4-5-14(11-15)12-22-9-2-1-3-10-22;;/h4-6,11,13H,1-3,7-10,12,19H2,(H,20,23);2*1H. The number of rotatable bonds is 6. The largest absolute Gasteiger partial charge is 0.330 e. The Bertz CT molecular complexity index is 689. The van der Waals surface area contributed by atoms with Gasteiger partial charge in [0.05, 0.1) is 5.01 Å². The zero-order valence-corrected chi connectivity index (χ0v) is 17.1. The minimum absolute atomic E-state index is 0. The lowest BCUT2D eigenvalue weighted by Gasteiger charge is -2.26. The van der Waals surface area contributed by atoms with Crippen molar-refractivity contribution < 1.29 is 4.79 Å². The molecule has 8 heteroatoms. The normalized spacial score (nSPS) is 14.2. The Hall–Kier alpha value is -1.18. The van der Waals surface area contributed by atoms with Crippen molar-refractivity contribution in [1.82, 2.24) is 9.88 Å². The molecule has 1 aliphatic rings. The van der Waals surface area contributed by atoms with Gasteiger partial charge in [0.1, 0.15) is 5.69 Å². The van der Waals surface area contributed by atoms with Crippen molar-refractivity contribution in [2.45, 2.75) is 32.2 Å². The maximum Gasteiger partial charge on any atom is 0.275 e. The molecule has 0 spiro atoms. The first kappa shape index (κ1) is 22.9. The van der Waals surface area contributed by atoms with Crippen LogP contribution in [0.5, 0.6) is 0 Å². The van der Waals surface area contributed by atoms with Gasteiger partial charge in [0.2, 0.25) is 0 Å². The van der Waals surface area contributed by atoms with Crippen LogP contribution < -0.4 is 11.1 Å². The number of aromatic nitrogens is 1. The summed E-state index contributed by atoms with van der Waals surface area (Å²) in [7, 11) is 0. The average Bonchev–Trinajstić information content (AvgIpc) is 3.05. The Morgan fingerprint density at radius 2 is 2.00 bits per heavy atom. The van der Waals surface area contributed by atoms with E-state index in [2.05, 4.69) is 27.3 Å². The third-order valence-corrected chi connectivity index (χ3v) is 5.09. The smallest absolute Gasteiger partial charge is 0.275 e. The summed E-state index contributed by atoms with van der Waals surface area (Å²) in [6.45, 7) is 3.83. The zero-order valence-electron chi connectivity index (χ0n) is 14.6. The summed E-state index contributed by atoms with van der Waals surface area (Å²) >= 11 is 1.48. The van der Waals surface area contributed by atoms with Crippen LogP contribution in [0.3, 0.4) is 0 Å².